The predicted octanol–water partition coefficient (Wildman–Crippen LogP) is 1.39. The fourth-order valence-corrected chi connectivity index (χ4v) is 2.33. The van der Waals surface area contributed by atoms with E-state index in [1.165, 1.54) is 32.1 Å². The van der Waals surface area contributed by atoms with Gasteiger partial charge in [0.1, 0.15) is 0 Å². The van der Waals surface area contributed by atoms with Gasteiger partial charge in [-0.05, 0) is 12.8 Å². The van der Waals surface area contributed by atoms with Crippen LogP contribution in [0.3, 0.4) is 0 Å². The first-order valence-corrected chi connectivity index (χ1v) is 8.47. The number of hydrogen-bond acceptors (Lipinski definition) is 6. The summed E-state index contributed by atoms with van der Waals surface area (Å²) in [6, 6.07) is 0. The Bertz CT molecular complexity index is 221. The van der Waals surface area contributed by atoms with Gasteiger partial charge in [0.2, 0.25) is 0 Å². The lowest BCUT2D eigenvalue weighted by atomic mass is 9.98. The molecule has 0 aromatic heterocycles. The molecular formula is C16H32O6. The van der Waals surface area contributed by atoms with Gasteiger partial charge in [-0.15, -0.1) is 0 Å². The van der Waals surface area contributed by atoms with Gasteiger partial charge < -0.3 is 28.8 Å². The zero-order valence-corrected chi connectivity index (χ0v) is 13.7. The Morgan fingerprint density at radius 1 is 0.591 bits per heavy atom. The summed E-state index contributed by atoms with van der Waals surface area (Å²) in [5.74, 6) is 0. The first kappa shape index (κ1) is 19.8. The Morgan fingerprint density at radius 2 is 1.05 bits per heavy atom. The van der Waals surface area contributed by atoms with Crippen LogP contribution in [0.2, 0.25) is 0 Å². The quantitative estimate of drug-likeness (QED) is 0.460. The van der Waals surface area contributed by atoms with Crippen LogP contribution in [0.5, 0.6) is 0 Å². The van der Waals surface area contributed by atoms with E-state index in [-0.39, 0.29) is 6.61 Å². The number of aliphatic hydroxyl groups is 1. The summed E-state index contributed by atoms with van der Waals surface area (Å²) < 4.78 is 27.0. The average Bonchev–Trinajstić information content (AvgIpc) is 2.56. The average molecular weight is 320 g/mol. The van der Waals surface area contributed by atoms with Crippen LogP contribution >= 0.6 is 0 Å². The molecule has 0 saturated heterocycles. The summed E-state index contributed by atoms with van der Waals surface area (Å²) in [5, 5.41) is 8.50. The maximum atomic E-state index is 8.50. The third-order valence-electron chi connectivity index (χ3n) is 3.49. The molecule has 1 aliphatic carbocycles. The Kier molecular flexibility index (Phi) is 14.1. The zero-order valence-electron chi connectivity index (χ0n) is 13.7. The summed E-state index contributed by atoms with van der Waals surface area (Å²) in [6.45, 7) is 5.04. The molecule has 22 heavy (non-hydrogen) atoms. The van der Waals surface area contributed by atoms with E-state index in [1.807, 2.05) is 0 Å². The molecule has 0 aliphatic heterocycles. The summed E-state index contributed by atoms with van der Waals surface area (Å²) in [5.41, 5.74) is 0. The van der Waals surface area contributed by atoms with Crippen molar-refractivity contribution in [3.8, 4) is 0 Å². The van der Waals surface area contributed by atoms with E-state index in [1.54, 1.807) is 0 Å². The molecule has 1 N–H and O–H groups in total. The van der Waals surface area contributed by atoms with Crippen LogP contribution < -0.4 is 0 Å². The van der Waals surface area contributed by atoms with Crippen LogP contribution in [0.1, 0.15) is 32.1 Å². The molecule has 1 rings (SSSR count). The number of ether oxygens (including phenoxy) is 5. The van der Waals surface area contributed by atoms with Gasteiger partial charge in [0.25, 0.3) is 0 Å². The van der Waals surface area contributed by atoms with Gasteiger partial charge in [0, 0.05) is 0 Å². The Hall–Kier alpha value is -0.240. The van der Waals surface area contributed by atoms with Gasteiger partial charge in [0.05, 0.1) is 72.2 Å². The van der Waals surface area contributed by atoms with Gasteiger partial charge in [-0.1, -0.05) is 19.3 Å². The van der Waals surface area contributed by atoms with Crippen molar-refractivity contribution in [3.63, 3.8) is 0 Å². The maximum absolute atomic E-state index is 8.50. The van der Waals surface area contributed by atoms with Crippen LogP contribution in [0, 0.1) is 0 Å². The predicted molar refractivity (Wildman–Crippen MR) is 83.2 cm³/mol. The molecule has 0 atom stereocenters. The van der Waals surface area contributed by atoms with E-state index in [9.17, 15) is 0 Å². The van der Waals surface area contributed by atoms with Crippen molar-refractivity contribution in [1.82, 2.24) is 0 Å². The second-order valence-electron chi connectivity index (χ2n) is 5.30. The highest BCUT2D eigenvalue weighted by atomic mass is 16.6. The molecule has 0 spiro atoms. The SMILES string of the molecule is OCCOCCOCCOCCOCCOC1CCCCC1. The van der Waals surface area contributed by atoms with Crippen LogP contribution in [-0.2, 0) is 23.7 Å². The lowest BCUT2D eigenvalue weighted by Gasteiger charge is -2.21. The highest BCUT2D eigenvalue weighted by Crippen LogP contribution is 2.19. The third-order valence-corrected chi connectivity index (χ3v) is 3.49. The monoisotopic (exact) mass is 320 g/mol. The molecule has 0 aromatic rings. The Balaban J connectivity index is 1.68. The number of aliphatic hydroxyl groups excluding tert-OH is 1. The van der Waals surface area contributed by atoms with E-state index in [0.29, 0.717) is 65.6 Å². The topological polar surface area (TPSA) is 66.4 Å². The highest BCUT2D eigenvalue weighted by molar-refractivity contribution is 4.64. The van der Waals surface area contributed by atoms with E-state index in [2.05, 4.69) is 0 Å². The van der Waals surface area contributed by atoms with Crippen molar-refractivity contribution < 1.29 is 28.8 Å². The van der Waals surface area contributed by atoms with Crippen LogP contribution in [0.15, 0.2) is 0 Å². The molecule has 6 nitrogen and oxygen atoms in total. The lowest BCUT2D eigenvalue weighted by molar-refractivity contribution is -0.0300. The molecule has 132 valence electrons. The van der Waals surface area contributed by atoms with Crippen molar-refractivity contribution in [3.05, 3.63) is 0 Å². The molecule has 1 saturated carbocycles. The molecule has 0 bridgehead atoms. The summed E-state index contributed by atoms with van der Waals surface area (Å²) in [6.07, 6.45) is 6.81. The first-order chi connectivity index (χ1) is 10.9. The van der Waals surface area contributed by atoms with Crippen LogP contribution in [0.4, 0.5) is 0 Å². The third kappa shape index (κ3) is 12.3. The fourth-order valence-electron chi connectivity index (χ4n) is 2.33. The Labute approximate surface area is 134 Å². The molecular weight excluding hydrogens is 288 g/mol. The van der Waals surface area contributed by atoms with E-state index in [0.717, 1.165) is 0 Å². The molecule has 0 unspecified atom stereocenters. The molecule has 0 radical (unpaired) electrons. The van der Waals surface area contributed by atoms with E-state index < -0.39 is 0 Å². The smallest absolute Gasteiger partial charge is 0.0704 e. The van der Waals surface area contributed by atoms with Crippen molar-refractivity contribution in [2.75, 3.05) is 66.1 Å². The Morgan fingerprint density at radius 3 is 1.55 bits per heavy atom. The highest BCUT2D eigenvalue weighted by Gasteiger charge is 2.12. The molecule has 0 amide bonds. The fraction of sp³-hybridized carbons (Fsp3) is 1.00. The number of rotatable bonds is 15. The second kappa shape index (κ2) is 15.6. The molecule has 0 aromatic carbocycles. The largest absolute Gasteiger partial charge is 0.394 e. The maximum Gasteiger partial charge on any atom is 0.0704 e. The standard InChI is InChI=1S/C16H32O6/c17-6-7-18-8-9-19-10-11-20-12-13-21-14-15-22-16-4-2-1-3-5-16/h16-17H,1-15H2. The summed E-state index contributed by atoms with van der Waals surface area (Å²) in [4.78, 5) is 0. The minimum atomic E-state index is 0.0504. The van der Waals surface area contributed by atoms with E-state index in [4.69, 9.17) is 28.8 Å². The van der Waals surface area contributed by atoms with Crippen LogP contribution in [0.25, 0.3) is 0 Å². The summed E-state index contributed by atoms with van der Waals surface area (Å²) in [7, 11) is 0. The number of hydrogen-bond donors (Lipinski definition) is 1. The van der Waals surface area contributed by atoms with Crippen molar-refractivity contribution >= 4 is 0 Å². The van der Waals surface area contributed by atoms with Crippen molar-refractivity contribution in [1.29, 1.82) is 0 Å². The zero-order chi connectivity index (χ0) is 15.7. The minimum absolute atomic E-state index is 0.0504. The molecule has 0 heterocycles. The van der Waals surface area contributed by atoms with Gasteiger partial charge >= 0.3 is 0 Å². The van der Waals surface area contributed by atoms with Crippen LogP contribution in [-0.4, -0.2) is 77.3 Å². The van der Waals surface area contributed by atoms with E-state index >= 15 is 0 Å². The normalized spacial score (nSPS) is 16.2. The summed E-state index contributed by atoms with van der Waals surface area (Å²) >= 11 is 0. The minimum Gasteiger partial charge on any atom is -0.394 e. The van der Waals surface area contributed by atoms with Gasteiger partial charge in [-0.3, -0.25) is 0 Å². The lowest BCUT2D eigenvalue weighted by Crippen LogP contribution is -2.19. The van der Waals surface area contributed by atoms with Crippen molar-refractivity contribution in [2.24, 2.45) is 0 Å². The van der Waals surface area contributed by atoms with Gasteiger partial charge in [0.15, 0.2) is 0 Å². The molecule has 6 heteroatoms. The first-order valence-electron chi connectivity index (χ1n) is 8.47. The van der Waals surface area contributed by atoms with Gasteiger partial charge in [-0.2, -0.15) is 0 Å². The second-order valence-corrected chi connectivity index (χ2v) is 5.30. The van der Waals surface area contributed by atoms with Gasteiger partial charge in [-0.25, -0.2) is 0 Å². The van der Waals surface area contributed by atoms with Crippen molar-refractivity contribution in [2.45, 2.75) is 38.2 Å². The molecule has 1 fully saturated rings. The molecule has 1 aliphatic rings.